The Kier molecular flexibility index (Phi) is 2.24. The SMILES string of the molecule is FC(F)(F)C1=NN(c2ccccc2)OO1. The summed E-state index contributed by atoms with van der Waals surface area (Å²) in [5, 5.41) is 3.77. The van der Waals surface area contributed by atoms with Gasteiger partial charge in [-0.3, -0.25) is 4.89 Å². The summed E-state index contributed by atoms with van der Waals surface area (Å²) in [7, 11) is 0. The number of hydrogen-bond donors (Lipinski definition) is 0. The third-order valence-corrected chi connectivity index (χ3v) is 1.59. The molecule has 1 aliphatic heterocycles. The number of rotatable bonds is 1. The summed E-state index contributed by atoms with van der Waals surface area (Å²) in [6.07, 6.45) is -4.65. The quantitative estimate of drug-likeness (QED) is 0.678. The first kappa shape index (κ1) is 9.78. The molecule has 0 radical (unpaired) electrons. The zero-order valence-electron chi connectivity index (χ0n) is 7.23. The highest BCUT2D eigenvalue weighted by atomic mass is 19.4. The van der Waals surface area contributed by atoms with Gasteiger partial charge < -0.3 is 0 Å². The van der Waals surface area contributed by atoms with Gasteiger partial charge in [0, 0.05) is 0 Å². The molecule has 0 aromatic heterocycles. The topological polar surface area (TPSA) is 34.1 Å². The minimum Gasteiger partial charge on any atom is -0.285 e. The molecule has 0 N–H and O–H groups in total. The molecule has 0 amide bonds. The van der Waals surface area contributed by atoms with Crippen molar-refractivity contribution in [3.05, 3.63) is 30.3 Å². The standard InChI is InChI=1S/C8H5F3N2O2/c9-8(10,11)7-12-13(15-14-7)6-4-2-1-3-5-6/h1-5H. The Bertz CT molecular complexity index is 377. The number of alkyl halides is 3. The second-order valence-corrected chi connectivity index (χ2v) is 2.67. The van der Waals surface area contributed by atoms with Crippen molar-refractivity contribution in [3.63, 3.8) is 0 Å². The van der Waals surface area contributed by atoms with Crippen LogP contribution in [0.2, 0.25) is 0 Å². The van der Waals surface area contributed by atoms with Crippen LogP contribution in [0, 0.1) is 0 Å². The van der Waals surface area contributed by atoms with Crippen molar-refractivity contribution in [2.75, 3.05) is 5.17 Å². The van der Waals surface area contributed by atoms with E-state index in [1.807, 2.05) is 0 Å². The predicted octanol–water partition coefficient (Wildman–Crippen LogP) is 2.25. The monoisotopic (exact) mass is 218 g/mol. The lowest BCUT2D eigenvalue weighted by atomic mass is 10.3. The molecule has 0 aliphatic carbocycles. The van der Waals surface area contributed by atoms with E-state index >= 15 is 0 Å². The summed E-state index contributed by atoms with van der Waals surface area (Å²) >= 11 is 0. The van der Waals surface area contributed by atoms with Crippen LogP contribution in [0.15, 0.2) is 35.4 Å². The molecule has 2 rings (SSSR count). The molecule has 7 heteroatoms. The van der Waals surface area contributed by atoms with Crippen molar-refractivity contribution in [3.8, 4) is 0 Å². The summed E-state index contributed by atoms with van der Waals surface area (Å²) < 4.78 is 36.3. The average Bonchev–Trinajstić information content (AvgIpc) is 2.67. The number of anilines is 1. The lowest BCUT2D eigenvalue weighted by Crippen LogP contribution is -2.22. The van der Waals surface area contributed by atoms with Crippen molar-refractivity contribution in [2.24, 2.45) is 5.10 Å². The van der Waals surface area contributed by atoms with Gasteiger partial charge in [0.05, 0.1) is 5.69 Å². The van der Waals surface area contributed by atoms with Crippen LogP contribution in [-0.2, 0) is 9.88 Å². The molecule has 0 saturated heterocycles. The summed E-state index contributed by atoms with van der Waals surface area (Å²) in [5.74, 6) is -1.42. The van der Waals surface area contributed by atoms with Crippen molar-refractivity contribution in [2.45, 2.75) is 6.18 Å². The molecule has 15 heavy (non-hydrogen) atoms. The van der Waals surface area contributed by atoms with Gasteiger partial charge in [0.1, 0.15) is 0 Å². The molecular weight excluding hydrogens is 213 g/mol. The van der Waals surface area contributed by atoms with Crippen molar-refractivity contribution >= 4 is 11.6 Å². The maximum Gasteiger partial charge on any atom is 0.474 e. The number of hydrogen-bond acceptors (Lipinski definition) is 4. The van der Waals surface area contributed by atoms with Crippen LogP contribution in [0.5, 0.6) is 0 Å². The van der Waals surface area contributed by atoms with Crippen molar-refractivity contribution in [1.82, 2.24) is 0 Å². The van der Waals surface area contributed by atoms with Gasteiger partial charge in [0.2, 0.25) is 0 Å². The number of nitrogens with zero attached hydrogens (tertiary/aromatic N) is 2. The van der Waals surface area contributed by atoms with Crippen LogP contribution in [-0.4, -0.2) is 12.1 Å². The molecule has 0 bridgehead atoms. The van der Waals surface area contributed by atoms with Crippen LogP contribution < -0.4 is 5.17 Å². The van der Waals surface area contributed by atoms with Gasteiger partial charge in [-0.2, -0.15) is 13.2 Å². The Morgan fingerprint density at radius 3 is 2.33 bits per heavy atom. The molecule has 80 valence electrons. The van der Waals surface area contributed by atoms with Crippen LogP contribution in [0.25, 0.3) is 0 Å². The normalized spacial score (nSPS) is 16.2. The second-order valence-electron chi connectivity index (χ2n) is 2.67. The highest BCUT2D eigenvalue weighted by Gasteiger charge is 2.44. The van der Waals surface area contributed by atoms with Gasteiger partial charge in [0.25, 0.3) is 0 Å². The zero-order chi connectivity index (χ0) is 10.9. The zero-order valence-corrected chi connectivity index (χ0v) is 7.23. The molecule has 1 aromatic carbocycles. The van der Waals surface area contributed by atoms with E-state index in [1.54, 1.807) is 18.2 Å². The highest BCUT2D eigenvalue weighted by Crippen LogP contribution is 2.26. The third kappa shape index (κ3) is 2.01. The van der Waals surface area contributed by atoms with E-state index in [0.717, 1.165) is 0 Å². The van der Waals surface area contributed by atoms with Gasteiger partial charge in [-0.25, -0.2) is 0 Å². The van der Waals surface area contributed by atoms with Gasteiger partial charge in [0.15, 0.2) is 0 Å². The fraction of sp³-hybridized carbons (Fsp3) is 0.125. The first-order valence-corrected chi connectivity index (χ1v) is 3.93. The molecule has 1 aliphatic rings. The third-order valence-electron chi connectivity index (χ3n) is 1.59. The maximum absolute atomic E-state index is 12.1. The lowest BCUT2D eigenvalue weighted by Gasteiger charge is -2.06. The smallest absolute Gasteiger partial charge is 0.285 e. The summed E-state index contributed by atoms with van der Waals surface area (Å²) in [6.45, 7) is 0. The van der Waals surface area contributed by atoms with Crippen LogP contribution in [0.4, 0.5) is 18.9 Å². The fourth-order valence-corrected chi connectivity index (χ4v) is 0.947. The largest absolute Gasteiger partial charge is 0.474 e. The molecule has 0 spiro atoms. The minimum atomic E-state index is -4.65. The van der Waals surface area contributed by atoms with E-state index in [2.05, 4.69) is 15.0 Å². The number of benzene rings is 1. The molecule has 0 atom stereocenters. The molecule has 1 aromatic rings. The first-order chi connectivity index (χ1) is 7.07. The van der Waals surface area contributed by atoms with Crippen LogP contribution >= 0.6 is 0 Å². The van der Waals surface area contributed by atoms with Gasteiger partial charge in [-0.15, -0.1) is 0 Å². The Hall–Kier alpha value is -1.76. The second kappa shape index (κ2) is 3.43. The summed E-state index contributed by atoms with van der Waals surface area (Å²) in [6, 6.07) is 8.06. The predicted molar refractivity (Wildman–Crippen MR) is 44.6 cm³/mol. The van der Waals surface area contributed by atoms with E-state index in [0.29, 0.717) is 10.9 Å². The van der Waals surface area contributed by atoms with E-state index in [1.165, 1.54) is 12.1 Å². The highest BCUT2D eigenvalue weighted by molar-refractivity contribution is 5.83. The van der Waals surface area contributed by atoms with Gasteiger partial charge in [-0.1, -0.05) is 28.5 Å². The maximum atomic E-state index is 12.1. The van der Waals surface area contributed by atoms with Crippen molar-refractivity contribution < 1.29 is 23.0 Å². The van der Waals surface area contributed by atoms with E-state index < -0.39 is 12.1 Å². The average molecular weight is 218 g/mol. The molecular formula is C8H5F3N2O2. The molecule has 0 unspecified atom stereocenters. The van der Waals surface area contributed by atoms with Crippen LogP contribution in [0.3, 0.4) is 0 Å². The number of hydrazone groups is 1. The minimum absolute atomic E-state index is 0.344. The molecule has 4 nitrogen and oxygen atoms in total. The Morgan fingerprint density at radius 1 is 1.13 bits per heavy atom. The summed E-state index contributed by atoms with van der Waals surface area (Å²) in [4.78, 5) is 8.22. The number of para-hydroxylation sites is 1. The van der Waals surface area contributed by atoms with E-state index in [-0.39, 0.29) is 0 Å². The van der Waals surface area contributed by atoms with Crippen molar-refractivity contribution in [1.29, 1.82) is 0 Å². The first-order valence-electron chi connectivity index (χ1n) is 3.93. The Balaban J connectivity index is 2.20. The van der Waals surface area contributed by atoms with E-state index in [4.69, 9.17) is 0 Å². The number of halogens is 3. The van der Waals surface area contributed by atoms with Gasteiger partial charge >= 0.3 is 12.1 Å². The molecule has 0 saturated carbocycles. The summed E-state index contributed by atoms with van der Waals surface area (Å²) in [5.41, 5.74) is 0.344. The van der Waals surface area contributed by atoms with Gasteiger partial charge in [-0.05, 0) is 17.1 Å². The molecule has 0 fully saturated rings. The fourth-order valence-electron chi connectivity index (χ4n) is 0.947. The van der Waals surface area contributed by atoms with E-state index in [9.17, 15) is 13.2 Å². The Labute approximate surface area is 82.4 Å². The van der Waals surface area contributed by atoms with Crippen LogP contribution in [0.1, 0.15) is 0 Å². The Morgan fingerprint density at radius 2 is 1.80 bits per heavy atom. The lowest BCUT2D eigenvalue weighted by molar-refractivity contribution is -0.232. The molecule has 1 heterocycles.